The molecule has 1 amide bonds. The van der Waals surface area contributed by atoms with Gasteiger partial charge in [-0.3, -0.25) is 4.79 Å². The molecule has 0 unspecified atom stereocenters. The quantitative estimate of drug-likeness (QED) is 0.282. The van der Waals surface area contributed by atoms with E-state index in [1.54, 1.807) is 11.9 Å². The summed E-state index contributed by atoms with van der Waals surface area (Å²) in [6.07, 6.45) is 0. The summed E-state index contributed by atoms with van der Waals surface area (Å²) < 4.78 is 6.31. The van der Waals surface area contributed by atoms with Crippen LogP contribution in [0.4, 0.5) is 5.69 Å². The van der Waals surface area contributed by atoms with Crippen molar-refractivity contribution in [2.45, 2.75) is 19.8 Å². The maximum Gasteiger partial charge on any atom is 0.259 e. The van der Waals surface area contributed by atoms with Crippen LogP contribution >= 0.6 is 15.9 Å². The van der Waals surface area contributed by atoms with Crippen LogP contribution in [0.2, 0.25) is 0 Å². The maximum atomic E-state index is 13.2. The Morgan fingerprint density at radius 1 is 0.971 bits per heavy atom. The zero-order valence-electron chi connectivity index (χ0n) is 19.0. The van der Waals surface area contributed by atoms with Gasteiger partial charge in [-0.1, -0.05) is 50.2 Å². The lowest BCUT2D eigenvalue weighted by Gasteiger charge is -2.13. The van der Waals surface area contributed by atoms with Crippen LogP contribution in [0.3, 0.4) is 0 Å². The Morgan fingerprint density at radius 3 is 2.44 bits per heavy atom. The molecule has 170 valence electrons. The summed E-state index contributed by atoms with van der Waals surface area (Å²) in [7, 11) is 1.56. The Bertz CT molecular complexity index is 1520. The number of methoxy groups -OCH3 is 1. The van der Waals surface area contributed by atoms with Crippen molar-refractivity contribution < 1.29 is 9.53 Å². The molecule has 1 aromatic heterocycles. The van der Waals surface area contributed by atoms with E-state index >= 15 is 0 Å². The smallest absolute Gasteiger partial charge is 0.259 e. The number of ether oxygens (including phenoxy) is 1. The number of hydrogen-bond donors (Lipinski definition) is 1. The molecule has 0 saturated heterocycles. The summed E-state index contributed by atoms with van der Waals surface area (Å²) in [6.45, 7) is 4.33. The van der Waals surface area contributed by atoms with Gasteiger partial charge in [0, 0.05) is 5.69 Å². The molecule has 5 rings (SSSR count). The van der Waals surface area contributed by atoms with Crippen LogP contribution in [0.5, 0.6) is 5.75 Å². The van der Waals surface area contributed by atoms with E-state index < -0.39 is 0 Å². The molecule has 1 N–H and O–H groups in total. The minimum atomic E-state index is -0.265. The number of anilines is 1. The van der Waals surface area contributed by atoms with Crippen molar-refractivity contribution in [3.05, 3.63) is 88.4 Å². The topological polar surface area (TPSA) is 69.0 Å². The predicted molar refractivity (Wildman–Crippen MR) is 139 cm³/mol. The molecule has 34 heavy (non-hydrogen) atoms. The third kappa shape index (κ3) is 4.03. The summed E-state index contributed by atoms with van der Waals surface area (Å²) in [5.74, 6) is 0.694. The standard InChI is InChI=1S/C27H23BrN4O2/c1-16(2)17-8-11-20(12-9-17)32-30-23-13-10-19(15-24(23)31-32)29-27(33)22-14-18-6-4-5-7-21(18)25(28)26(22)34-3/h4-16H,1-3H3,(H,29,33). The molecule has 1 heterocycles. The normalized spacial score (nSPS) is 11.3. The van der Waals surface area contributed by atoms with Crippen LogP contribution in [0.25, 0.3) is 27.5 Å². The zero-order valence-corrected chi connectivity index (χ0v) is 20.6. The van der Waals surface area contributed by atoms with Crippen LogP contribution in [-0.4, -0.2) is 28.0 Å². The number of hydrogen-bond acceptors (Lipinski definition) is 4. The van der Waals surface area contributed by atoms with E-state index in [2.05, 4.69) is 57.4 Å². The van der Waals surface area contributed by atoms with Gasteiger partial charge in [-0.25, -0.2) is 0 Å². The van der Waals surface area contributed by atoms with Crippen molar-refractivity contribution >= 4 is 49.3 Å². The summed E-state index contributed by atoms with van der Waals surface area (Å²) >= 11 is 3.59. The van der Waals surface area contributed by atoms with Gasteiger partial charge in [0.15, 0.2) is 0 Å². The fourth-order valence-electron chi connectivity index (χ4n) is 3.95. The number of nitrogens with one attached hydrogen (secondary N) is 1. The van der Waals surface area contributed by atoms with Gasteiger partial charge in [0.25, 0.3) is 5.91 Å². The lowest BCUT2D eigenvalue weighted by molar-refractivity contribution is 0.102. The molecule has 0 saturated carbocycles. The Kier molecular flexibility index (Phi) is 5.79. The Hall–Kier alpha value is -3.71. The Morgan fingerprint density at radius 2 is 1.71 bits per heavy atom. The van der Waals surface area contributed by atoms with Gasteiger partial charge in [-0.15, -0.1) is 10.2 Å². The molecular weight excluding hydrogens is 492 g/mol. The first-order valence-electron chi connectivity index (χ1n) is 11.0. The first-order chi connectivity index (χ1) is 16.4. The predicted octanol–water partition coefficient (Wildman–Crippen LogP) is 6.72. The highest BCUT2D eigenvalue weighted by Crippen LogP contribution is 2.37. The van der Waals surface area contributed by atoms with Crippen LogP contribution in [-0.2, 0) is 0 Å². The summed E-state index contributed by atoms with van der Waals surface area (Å²) in [6, 6.07) is 23.4. The second kappa shape index (κ2) is 8.91. The van der Waals surface area contributed by atoms with Gasteiger partial charge in [0.1, 0.15) is 16.8 Å². The van der Waals surface area contributed by atoms with Gasteiger partial charge in [-0.05, 0) is 74.6 Å². The average Bonchev–Trinajstić information content (AvgIpc) is 3.27. The minimum Gasteiger partial charge on any atom is -0.495 e. The molecule has 0 aliphatic rings. The maximum absolute atomic E-state index is 13.2. The fraction of sp³-hybridized carbons (Fsp3) is 0.148. The number of amides is 1. The van der Waals surface area contributed by atoms with E-state index in [0.717, 1.165) is 26.4 Å². The number of halogens is 1. The molecule has 0 aliphatic carbocycles. The van der Waals surface area contributed by atoms with Crippen LogP contribution in [0.15, 0.2) is 77.3 Å². The average molecular weight is 515 g/mol. The van der Waals surface area contributed by atoms with Crippen molar-refractivity contribution in [3.8, 4) is 11.4 Å². The molecular formula is C27H23BrN4O2. The summed E-state index contributed by atoms with van der Waals surface area (Å²) in [5.41, 5.74) is 4.67. The third-order valence-electron chi connectivity index (χ3n) is 5.82. The van der Waals surface area contributed by atoms with Gasteiger partial charge in [-0.2, -0.15) is 4.80 Å². The van der Waals surface area contributed by atoms with Gasteiger partial charge in [0.05, 0.1) is 22.8 Å². The van der Waals surface area contributed by atoms with Crippen LogP contribution in [0.1, 0.15) is 35.7 Å². The van der Waals surface area contributed by atoms with Gasteiger partial charge in [0.2, 0.25) is 0 Å². The highest BCUT2D eigenvalue weighted by Gasteiger charge is 2.19. The van der Waals surface area contributed by atoms with E-state index in [1.807, 2.05) is 60.7 Å². The van der Waals surface area contributed by atoms with Crippen LogP contribution < -0.4 is 10.1 Å². The molecule has 0 atom stereocenters. The molecule has 0 fully saturated rings. The number of carbonyl (C=O) groups excluding carboxylic acids is 1. The van der Waals surface area contributed by atoms with Crippen molar-refractivity contribution in [3.63, 3.8) is 0 Å². The molecule has 0 bridgehead atoms. The number of fused-ring (bicyclic) bond motifs is 2. The Balaban J connectivity index is 1.45. The third-order valence-corrected chi connectivity index (χ3v) is 6.61. The second-order valence-electron chi connectivity index (χ2n) is 8.39. The molecule has 5 aromatic rings. The van der Waals surface area contributed by atoms with E-state index in [-0.39, 0.29) is 5.91 Å². The highest BCUT2D eigenvalue weighted by atomic mass is 79.9. The molecule has 7 heteroatoms. The first kappa shape index (κ1) is 22.1. The minimum absolute atomic E-state index is 0.265. The van der Waals surface area contributed by atoms with Crippen molar-refractivity contribution in [1.82, 2.24) is 15.0 Å². The number of benzene rings is 4. The van der Waals surface area contributed by atoms with Crippen molar-refractivity contribution in [1.29, 1.82) is 0 Å². The number of rotatable bonds is 5. The number of carbonyl (C=O) groups is 1. The van der Waals surface area contributed by atoms with Gasteiger partial charge < -0.3 is 10.1 Å². The lowest BCUT2D eigenvalue weighted by atomic mass is 10.0. The lowest BCUT2D eigenvalue weighted by Crippen LogP contribution is -2.13. The van der Waals surface area contributed by atoms with Crippen LogP contribution in [0, 0.1) is 0 Å². The fourth-order valence-corrected chi connectivity index (χ4v) is 4.69. The van der Waals surface area contributed by atoms with Gasteiger partial charge >= 0.3 is 0 Å². The molecule has 0 aliphatic heterocycles. The first-order valence-corrected chi connectivity index (χ1v) is 11.8. The molecule has 6 nitrogen and oxygen atoms in total. The molecule has 4 aromatic carbocycles. The second-order valence-corrected chi connectivity index (χ2v) is 9.18. The van der Waals surface area contributed by atoms with E-state index in [1.165, 1.54) is 5.56 Å². The van der Waals surface area contributed by atoms with Crippen molar-refractivity contribution in [2.75, 3.05) is 12.4 Å². The Labute approximate surface area is 205 Å². The molecule has 0 radical (unpaired) electrons. The monoisotopic (exact) mass is 514 g/mol. The molecule has 0 spiro atoms. The summed E-state index contributed by atoms with van der Waals surface area (Å²) in [5, 5.41) is 14.1. The number of nitrogens with zero attached hydrogens (tertiary/aromatic N) is 3. The van der Waals surface area contributed by atoms with E-state index in [0.29, 0.717) is 28.4 Å². The zero-order chi connectivity index (χ0) is 23.8. The van der Waals surface area contributed by atoms with E-state index in [4.69, 9.17) is 4.74 Å². The number of aromatic nitrogens is 3. The van der Waals surface area contributed by atoms with E-state index in [9.17, 15) is 4.79 Å². The highest BCUT2D eigenvalue weighted by molar-refractivity contribution is 9.10. The van der Waals surface area contributed by atoms with Crippen molar-refractivity contribution in [2.24, 2.45) is 0 Å². The largest absolute Gasteiger partial charge is 0.495 e. The SMILES string of the molecule is COc1c(C(=O)Nc2ccc3nn(-c4ccc(C(C)C)cc4)nc3c2)cc2ccccc2c1Br. The summed E-state index contributed by atoms with van der Waals surface area (Å²) in [4.78, 5) is 14.8.